The van der Waals surface area contributed by atoms with Gasteiger partial charge in [-0.2, -0.15) is 4.98 Å². The molecule has 4 N–H and O–H groups in total. The van der Waals surface area contributed by atoms with Crippen LogP contribution in [0.4, 0.5) is 17.6 Å². The zero-order valence-electron chi connectivity index (χ0n) is 17.4. The number of amides is 1. The van der Waals surface area contributed by atoms with Gasteiger partial charge in [0.25, 0.3) is 0 Å². The number of aromatic nitrogens is 4. The van der Waals surface area contributed by atoms with Gasteiger partial charge in [-0.05, 0) is 51.7 Å². The molecule has 10 heteroatoms. The lowest BCUT2D eigenvalue weighted by Gasteiger charge is -2.29. The van der Waals surface area contributed by atoms with Crippen molar-refractivity contribution in [3.05, 3.63) is 34.4 Å². The Kier molecular flexibility index (Phi) is 6.20. The second-order valence-electron chi connectivity index (χ2n) is 8.14. The zero-order chi connectivity index (χ0) is 22.1. The Hall–Kier alpha value is -2.58. The third-order valence-electron chi connectivity index (χ3n) is 5.51. The molecular formula is C21H25Cl2N7O. The predicted molar refractivity (Wildman–Crippen MR) is 124 cm³/mol. The number of rotatable bonds is 6. The second-order valence-corrected chi connectivity index (χ2v) is 8.95. The topological polar surface area (TPSA) is 111 Å². The molecule has 0 spiro atoms. The molecule has 31 heavy (non-hydrogen) atoms. The summed E-state index contributed by atoms with van der Waals surface area (Å²) in [5.41, 5.74) is 7.49. The van der Waals surface area contributed by atoms with Crippen LogP contribution in [0.1, 0.15) is 45.6 Å². The summed E-state index contributed by atoms with van der Waals surface area (Å²) in [4.78, 5) is 25.5. The van der Waals surface area contributed by atoms with Gasteiger partial charge in [0.1, 0.15) is 5.52 Å². The summed E-state index contributed by atoms with van der Waals surface area (Å²) in [5.74, 6) is 0.800. The SMILES string of the molecule is CC(C)Nc1ncc2nc(Nc3c(Cl)cccc3Cl)n([C@H]3CC[C@@H](C(N)=O)CC3)c2n1. The van der Waals surface area contributed by atoms with Crippen molar-refractivity contribution in [3.8, 4) is 0 Å². The lowest BCUT2D eigenvalue weighted by atomic mass is 9.85. The number of imidazole rings is 1. The Morgan fingerprint density at radius 2 is 1.84 bits per heavy atom. The average molecular weight is 462 g/mol. The van der Waals surface area contributed by atoms with Gasteiger partial charge in [-0.3, -0.25) is 9.36 Å². The molecule has 0 unspecified atom stereocenters. The van der Waals surface area contributed by atoms with Gasteiger partial charge in [0, 0.05) is 18.0 Å². The average Bonchev–Trinajstić information content (AvgIpc) is 3.07. The van der Waals surface area contributed by atoms with Crippen molar-refractivity contribution in [1.29, 1.82) is 0 Å². The maximum atomic E-state index is 11.6. The van der Waals surface area contributed by atoms with Crippen LogP contribution in [0.3, 0.4) is 0 Å². The van der Waals surface area contributed by atoms with E-state index in [1.807, 2.05) is 13.8 Å². The van der Waals surface area contributed by atoms with Crippen molar-refractivity contribution in [1.82, 2.24) is 19.5 Å². The molecule has 0 saturated heterocycles. The molecule has 1 aromatic carbocycles. The van der Waals surface area contributed by atoms with Gasteiger partial charge >= 0.3 is 0 Å². The van der Waals surface area contributed by atoms with Gasteiger partial charge in [-0.25, -0.2) is 9.97 Å². The molecule has 1 fully saturated rings. The molecule has 0 radical (unpaired) electrons. The van der Waals surface area contributed by atoms with E-state index in [0.717, 1.165) is 25.7 Å². The van der Waals surface area contributed by atoms with Crippen LogP contribution < -0.4 is 16.4 Å². The number of nitrogens with zero attached hydrogens (tertiary/aromatic N) is 4. The van der Waals surface area contributed by atoms with Crippen LogP contribution in [-0.2, 0) is 4.79 Å². The van der Waals surface area contributed by atoms with Gasteiger partial charge in [0.2, 0.25) is 17.8 Å². The van der Waals surface area contributed by atoms with Crippen molar-refractivity contribution in [2.75, 3.05) is 10.6 Å². The summed E-state index contributed by atoms with van der Waals surface area (Å²) >= 11 is 12.8. The molecule has 1 aliphatic carbocycles. The molecule has 3 aromatic rings. The normalized spacial score (nSPS) is 19.0. The van der Waals surface area contributed by atoms with Crippen molar-refractivity contribution >= 4 is 57.9 Å². The van der Waals surface area contributed by atoms with Gasteiger partial charge < -0.3 is 16.4 Å². The quantitative estimate of drug-likeness (QED) is 0.480. The van der Waals surface area contributed by atoms with Gasteiger partial charge in [0.05, 0.1) is 21.9 Å². The molecule has 0 atom stereocenters. The summed E-state index contributed by atoms with van der Waals surface area (Å²) in [6.45, 7) is 4.06. The molecular weight excluding hydrogens is 437 g/mol. The number of carbonyl (C=O) groups is 1. The highest BCUT2D eigenvalue weighted by atomic mass is 35.5. The minimum absolute atomic E-state index is 0.0896. The van der Waals surface area contributed by atoms with E-state index in [1.54, 1.807) is 24.4 Å². The predicted octanol–water partition coefficient (Wildman–Crippen LogP) is 4.91. The molecule has 2 aromatic heterocycles. The van der Waals surface area contributed by atoms with E-state index in [1.165, 1.54) is 0 Å². The third kappa shape index (κ3) is 4.55. The minimum Gasteiger partial charge on any atom is -0.369 e. The van der Waals surface area contributed by atoms with Crippen molar-refractivity contribution in [2.45, 2.75) is 51.6 Å². The highest BCUT2D eigenvalue weighted by Gasteiger charge is 2.29. The second kappa shape index (κ2) is 8.88. The number of anilines is 3. The van der Waals surface area contributed by atoms with Gasteiger partial charge in [-0.1, -0.05) is 29.3 Å². The summed E-state index contributed by atoms with van der Waals surface area (Å²) in [5, 5.41) is 7.53. The highest BCUT2D eigenvalue weighted by Crippen LogP contribution is 2.39. The van der Waals surface area contributed by atoms with Gasteiger partial charge in [0.15, 0.2) is 5.65 Å². The Balaban J connectivity index is 1.77. The molecule has 0 aliphatic heterocycles. The Morgan fingerprint density at radius 1 is 1.16 bits per heavy atom. The molecule has 1 saturated carbocycles. The van der Waals surface area contributed by atoms with Crippen molar-refractivity contribution in [2.24, 2.45) is 11.7 Å². The molecule has 4 rings (SSSR count). The molecule has 8 nitrogen and oxygen atoms in total. The van der Waals surface area contributed by atoms with Crippen LogP contribution in [-0.4, -0.2) is 31.5 Å². The Labute approximate surface area is 190 Å². The summed E-state index contributed by atoms with van der Waals surface area (Å²) in [6.07, 6.45) is 4.75. The third-order valence-corrected chi connectivity index (χ3v) is 6.14. The first kappa shape index (κ1) is 21.6. The fourth-order valence-electron chi connectivity index (χ4n) is 4.00. The number of carbonyl (C=O) groups excluding carboxylic acids is 1. The fourth-order valence-corrected chi connectivity index (χ4v) is 4.49. The number of fused-ring (bicyclic) bond motifs is 1. The maximum Gasteiger partial charge on any atom is 0.224 e. The smallest absolute Gasteiger partial charge is 0.224 e. The number of benzene rings is 1. The Morgan fingerprint density at radius 3 is 2.45 bits per heavy atom. The van der Waals surface area contributed by atoms with E-state index in [4.69, 9.17) is 38.9 Å². The van der Waals surface area contributed by atoms with Crippen molar-refractivity contribution < 1.29 is 4.79 Å². The highest BCUT2D eigenvalue weighted by molar-refractivity contribution is 6.39. The van der Waals surface area contributed by atoms with Crippen molar-refractivity contribution in [3.63, 3.8) is 0 Å². The Bertz CT molecular complexity index is 1090. The van der Waals surface area contributed by atoms with E-state index in [-0.39, 0.29) is 23.9 Å². The number of nitrogens with one attached hydrogen (secondary N) is 2. The number of primary amides is 1. The largest absolute Gasteiger partial charge is 0.369 e. The van der Waals surface area contributed by atoms with E-state index >= 15 is 0 Å². The van der Waals surface area contributed by atoms with Gasteiger partial charge in [-0.15, -0.1) is 0 Å². The molecule has 2 heterocycles. The lowest BCUT2D eigenvalue weighted by molar-refractivity contribution is -0.122. The fraction of sp³-hybridized carbons (Fsp3) is 0.429. The number of nitrogens with two attached hydrogens (primary N) is 1. The van der Waals surface area contributed by atoms with Crippen LogP contribution in [0.25, 0.3) is 11.2 Å². The van der Waals surface area contributed by atoms with Crippen LogP contribution in [0.5, 0.6) is 0 Å². The molecule has 1 aliphatic rings. The first-order valence-electron chi connectivity index (χ1n) is 10.4. The van der Waals surface area contributed by atoms with Crippen LogP contribution in [0, 0.1) is 5.92 Å². The first-order valence-corrected chi connectivity index (χ1v) is 11.1. The number of halogens is 2. The van der Waals surface area contributed by atoms with E-state index in [9.17, 15) is 4.79 Å². The van der Waals surface area contributed by atoms with Crippen LogP contribution in [0.2, 0.25) is 10.0 Å². The monoisotopic (exact) mass is 461 g/mol. The lowest BCUT2D eigenvalue weighted by Crippen LogP contribution is -2.28. The van der Waals surface area contributed by atoms with E-state index < -0.39 is 0 Å². The number of para-hydroxylation sites is 1. The summed E-state index contributed by atoms with van der Waals surface area (Å²) in [7, 11) is 0. The van der Waals surface area contributed by atoms with E-state index in [2.05, 4.69) is 20.2 Å². The number of hydrogen-bond donors (Lipinski definition) is 3. The maximum absolute atomic E-state index is 11.6. The van der Waals surface area contributed by atoms with Crippen LogP contribution >= 0.6 is 23.2 Å². The van der Waals surface area contributed by atoms with Crippen LogP contribution in [0.15, 0.2) is 24.4 Å². The number of hydrogen-bond acceptors (Lipinski definition) is 6. The standard InChI is InChI=1S/C21H25Cl2N7O/c1-11(2)26-20-25-10-16-19(29-20)30(13-8-6-12(7-9-13)18(24)31)21(27-16)28-17-14(22)4-3-5-15(17)23/h3-5,10-13H,6-9H2,1-2H3,(H2,24,31)(H,27,28)(H,25,26,29)/t12-,13+. The molecule has 0 bridgehead atoms. The summed E-state index contributed by atoms with van der Waals surface area (Å²) in [6, 6.07) is 5.63. The first-order chi connectivity index (χ1) is 14.8. The van der Waals surface area contributed by atoms with E-state index in [0.29, 0.717) is 38.8 Å². The minimum atomic E-state index is -0.235. The zero-order valence-corrected chi connectivity index (χ0v) is 18.9. The molecule has 164 valence electrons. The molecule has 1 amide bonds. The summed E-state index contributed by atoms with van der Waals surface area (Å²) < 4.78 is 2.07.